The molecule has 1 aliphatic rings. The highest BCUT2D eigenvalue weighted by atomic mass is 16.5. The number of hydrogen-bond acceptors (Lipinski definition) is 3. The molecule has 3 heteroatoms. The minimum atomic E-state index is -0.103. The first-order valence-electron chi connectivity index (χ1n) is 7.93. The third-order valence-electron chi connectivity index (χ3n) is 3.79. The summed E-state index contributed by atoms with van der Waals surface area (Å²) in [5.41, 5.74) is 0.903. The van der Waals surface area contributed by atoms with Gasteiger partial charge in [-0.05, 0) is 50.2 Å². The molecule has 0 amide bonds. The van der Waals surface area contributed by atoms with Crippen molar-refractivity contribution in [3.63, 3.8) is 0 Å². The summed E-state index contributed by atoms with van der Waals surface area (Å²) in [5.74, 6) is 6.40. The molecule has 21 heavy (non-hydrogen) atoms. The number of benzene rings is 1. The number of aliphatic hydroxyl groups excluding tert-OH is 1. The Kier molecular flexibility index (Phi) is 7.14. The van der Waals surface area contributed by atoms with Crippen molar-refractivity contribution in [1.82, 2.24) is 4.90 Å². The van der Waals surface area contributed by atoms with E-state index in [-0.39, 0.29) is 6.61 Å². The van der Waals surface area contributed by atoms with Crippen LogP contribution in [0.25, 0.3) is 0 Å². The van der Waals surface area contributed by atoms with Crippen LogP contribution in [0.5, 0.6) is 5.75 Å². The zero-order chi connectivity index (χ0) is 14.8. The van der Waals surface area contributed by atoms with E-state index in [0.717, 1.165) is 24.5 Å². The Bertz CT molecular complexity index is 450. The van der Waals surface area contributed by atoms with E-state index in [0.29, 0.717) is 0 Å². The summed E-state index contributed by atoms with van der Waals surface area (Å²) in [5, 5.41) is 8.66. The van der Waals surface area contributed by atoms with Gasteiger partial charge >= 0.3 is 0 Å². The van der Waals surface area contributed by atoms with Gasteiger partial charge in [-0.3, -0.25) is 4.90 Å². The van der Waals surface area contributed by atoms with Crippen molar-refractivity contribution in [3.05, 3.63) is 29.8 Å². The number of aliphatic hydroxyl groups is 1. The molecule has 1 heterocycles. The van der Waals surface area contributed by atoms with Crippen LogP contribution in [-0.2, 0) is 0 Å². The van der Waals surface area contributed by atoms with Crippen LogP contribution in [0.4, 0.5) is 0 Å². The third-order valence-corrected chi connectivity index (χ3v) is 3.79. The molecule has 114 valence electrons. The van der Waals surface area contributed by atoms with Gasteiger partial charge in [0.15, 0.2) is 0 Å². The van der Waals surface area contributed by atoms with Crippen LogP contribution >= 0.6 is 0 Å². The minimum Gasteiger partial charge on any atom is -0.492 e. The first kappa shape index (κ1) is 15.9. The van der Waals surface area contributed by atoms with Gasteiger partial charge in [0.05, 0.1) is 0 Å². The quantitative estimate of drug-likeness (QED) is 0.864. The molecular weight excluding hydrogens is 262 g/mol. The lowest BCUT2D eigenvalue weighted by atomic mass is 10.1. The summed E-state index contributed by atoms with van der Waals surface area (Å²) >= 11 is 0. The molecule has 1 aromatic rings. The molecule has 2 rings (SSSR count). The van der Waals surface area contributed by atoms with Gasteiger partial charge < -0.3 is 9.84 Å². The summed E-state index contributed by atoms with van der Waals surface area (Å²) in [6, 6.07) is 7.73. The van der Waals surface area contributed by atoms with Crippen LogP contribution < -0.4 is 4.74 Å². The van der Waals surface area contributed by atoms with Gasteiger partial charge in [0.2, 0.25) is 0 Å². The van der Waals surface area contributed by atoms with Crippen molar-refractivity contribution in [2.45, 2.75) is 32.1 Å². The fourth-order valence-corrected chi connectivity index (χ4v) is 2.61. The highest BCUT2D eigenvalue weighted by Crippen LogP contribution is 2.13. The Morgan fingerprint density at radius 1 is 1.00 bits per heavy atom. The lowest BCUT2D eigenvalue weighted by Gasteiger charge is -2.24. The molecule has 1 aliphatic heterocycles. The van der Waals surface area contributed by atoms with E-state index >= 15 is 0 Å². The third kappa shape index (κ3) is 6.20. The summed E-state index contributed by atoms with van der Waals surface area (Å²) in [6.07, 6.45) is 6.77. The molecule has 0 aromatic heterocycles. The number of hydrogen-bond donors (Lipinski definition) is 1. The number of likely N-dealkylation sites (tertiary alicyclic amines) is 1. The van der Waals surface area contributed by atoms with Crippen molar-refractivity contribution in [1.29, 1.82) is 0 Å². The fraction of sp³-hybridized carbons (Fsp3) is 0.556. The predicted molar refractivity (Wildman–Crippen MR) is 85.4 cm³/mol. The molecule has 0 unspecified atom stereocenters. The second kappa shape index (κ2) is 9.44. The van der Waals surface area contributed by atoms with Crippen molar-refractivity contribution >= 4 is 0 Å². The van der Waals surface area contributed by atoms with Gasteiger partial charge in [-0.15, -0.1) is 0 Å². The molecule has 0 bridgehead atoms. The van der Waals surface area contributed by atoms with Crippen LogP contribution in [0, 0.1) is 11.8 Å². The lowest BCUT2D eigenvalue weighted by Crippen LogP contribution is -2.31. The Morgan fingerprint density at radius 2 is 1.67 bits per heavy atom. The van der Waals surface area contributed by atoms with E-state index in [1.165, 1.54) is 45.2 Å². The topological polar surface area (TPSA) is 32.7 Å². The van der Waals surface area contributed by atoms with Crippen LogP contribution in [-0.4, -0.2) is 42.9 Å². The zero-order valence-corrected chi connectivity index (χ0v) is 12.7. The van der Waals surface area contributed by atoms with Crippen LogP contribution in [0.2, 0.25) is 0 Å². The van der Waals surface area contributed by atoms with Crippen molar-refractivity contribution < 1.29 is 9.84 Å². The van der Waals surface area contributed by atoms with Gasteiger partial charge in [0.25, 0.3) is 0 Å². The minimum absolute atomic E-state index is 0.103. The average molecular weight is 287 g/mol. The van der Waals surface area contributed by atoms with Crippen LogP contribution in [0.1, 0.15) is 37.7 Å². The summed E-state index contributed by atoms with van der Waals surface area (Å²) < 4.78 is 5.80. The molecule has 1 N–H and O–H groups in total. The van der Waals surface area contributed by atoms with Crippen molar-refractivity contribution in [3.8, 4) is 17.6 Å². The monoisotopic (exact) mass is 287 g/mol. The summed E-state index contributed by atoms with van der Waals surface area (Å²) in [7, 11) is 0. The van der Waals surface area contributed by atoms with Gasteiger partial charge in [0, 0.05) is 12.1 Å². The van der Waals surface area contributed by atoms with Crippen molar-refractivity contribution in [2.75, 3.05) is 32.8 Å². The van der Waals surface area contributed by atoms with E-state index in [4.69, 9.17) is 9.84 Å². The first-order chi connectivity index (χ1) is 10.4. The molecule has 0 aliphatic carbocycles. The second-order valence-corrected chi connectivity index (χ2v) is 5.44. The Hall–Kier alpha value is -1.50. The number of ether oxygens (including phenoxy) is 1. The smallest absolute Gasteiger partial charge is 0.119 e. The molecule has 1 saturated heterocycles. The second-order valence-electron chi connectivity index (χ2n) is 5.44. The van der Waals surface area contributed by atoms with Crippen LogP contribution in [0.15, 0.2) is 24.3 Å². The molecular formula is C18H25NO2. The fourth-order valence-electron chi connectivity index (χ4n) is 2.61. The van der Waals surface area contributed by atoms with Gasteiger partial charge in [0.1, 0.15) is 19.0 Å². The molecule has 1 fully saturated rings. The van der Waals surface area contributed by atoms with E-state index in [1.807, 2.05) is 24.3 Å². The predicted octanol–water partition coefficient (Wildman–Crippen LogP) is 2.68. The van der Waals surface area contributed by atoms with E-state index in [9.17, 15) is 0 Å². The molecule has 0 radical (unpaired) electrons. The standard InChI is InChI=1S/C18H25NO2/c20-15-6-7-17-8-10-18(11-9-17)21-16-14-19-12-4-2-1-3-5-13-19/h8-11,20H,1-5,12-16H2. The van der Waals surface area contributed by atoms with E-state index in [1.54, 1.807) is 0 Å². The van der Waals surface area contributed by atoms with Crippen molar-refractivity contribution in [2.24, 2.45) is 0 Å². The Balaban J connectivity index is 1.72. The summed E-state index contributed by atoms with van der Waals surface area (Å²) in [6.45, 7) is 4.06. The normalized spacial score (nSPS) is 16.4. The highest BCUT2D eigenvalue weighted by molar-refractivity contribution is 5.38. The van der Waals surface area contributed by atoms with Crippen LogP contribution in [0.3, 0.4) is 0 Å². The van der Waals surface area contributed by atoms with E-state index < -0.39 is 0 Å². The summed E-state index contributed by atoms with van der Waals surface area (Å²) in [4.78, 5) is 2.51. The maximum absolute atomic E-state index is 8.66. The average Bonchev–Trinajstić information content (AvgIpc) is 2.48. The molecule has 0 spiro atoms. The lowest BCUT2D eigenvalue weighted by molar-refractivity contribution is 0.195. The first-order valence-corrected chi connectivity index (χ1v) is 7.93. The Morgan fingerprint density at radius 3 is 2.33 bits per heavy atom. The molecule has 3 nitrogen and oxygen atoms in total. The van der Waals surface area contributed by atoms with Gasteiger partial charge in [-0.2, -0.15) is 0 Å². The molecule has 1 aromatic carbocycles. The van der Waals surface area contributed by atoms with Gasteiger partial charge in [-0.1, -0.05) is 31.1 Å². The van der Waals surface area contributed by atoms with E-state index in [2.05, 4.69) is 16.7 Å². The SMILES string of the molecule is OCC#Cc1ccc(OCCN2CCCCCCC2)cc1. The molecule has 0 atom stereocenters. The maximum Gasteiger partial charge on any atom is 0.119 e. The zero-order valence-electron chi connectivity index (χ0n) is 12.7. The largest absolute Gasteiger partial charge is 0.492 e. The highest BCUT2D eigenvalue weighted by Gasteiger charge is 2.07. The maximum atomic E-state index is 8.66. The van der Waals surface area contributed by atoms with Gasteiger partial charge in [-0.25, -0.2) is 0 Å². The number of nitrogens with zero attached hydrogens (tertiary/aromatic N) is 1. The number of rotatable bonds is 4. The molecule has 0 saturated carbocycles. The Labute approximate surface area is 127 Å².